The second-order valence-corrected chi connectivity index (χ2v) is 7.95. The van der Waals surface area contributed by atoms with Gasteiger partial charge in [0.15, 0.2) is 11.0 Å². The van der Waals surface area contributed by atoms with Gasteiger partial charge in [-0.1, -0.05) is 53.7 Å². The molecular weight excluding hydrogens is 384 g/mol. The van der Waals surface area contributed by atoms with Crippen LogP contribution in [-0.2, 0) is 12.3 Å². The van der Waals surface area contributed by atoms with E-state index in [0.29, 0.717) is 0 Å². The van der Waals surface area contributed by atoms with Gasteiger partial charge in [-0.3, -0.25) is 9.55 Å². The lowest BCUT2D eigenvalue weighted by Gasteiger charge is -2.09. The number of thiophene rings is 1. The average Bonchev–Trinajstić information content (AvgIpc) is 3.32. The van der Waals surface area contributed by atoms with Gasteiger partial charge in [-0.25, -0.2) is 0 Å². The van der Waals surface area contributed by atoms with Crippen molar-refractivity contribution in [3.05, 3.63) is 81.6 Å². The summed E-state index contributed by atoms with van der Waals surface area (Å²) in [5, 5.41) is 12.5. The number of halogens is 1. The molecule has 4 rings (SSSR count). The van der Waals surface area contributed by atoms with E-state index in [4.69, 9.17) is 11.6 Å². The van der Waals surface area contributed by atoms with Crippen molar-refractivity contribution in [1.29, 1.82) is 0 Å². The molecule has 0 aliphatic carbocycles. The molecule has 4 aromatic rings. The molecule has 3 aromatic heterocycles. The molecule has 0 N–H and O–H groups in total. The van der Waals surface area contributed by atoms with Crippen LogP contribution >= 0.6 is 34.7 Å². The van der Waals surface area contributed by atoms with Crippen LogP contribution in [0.15, 0.2) is 71.3 Å². The fourth-order valence-corrected chi connectivity index (χ4v) is 4.45. The van der Waals surface area contributed by atoms with E-state index in [1.54, 1.807) is 29.3 Å². The number of benzene rings is 1. The standard InChI is InChI=1S/C19H15ClN4S2/c20-16-8-2-1-6-14(16)13-26-19-23-22-18(17-9-3-4-10-21-17)24(19)12-15-7-5-11-25-15/h1-11H,12-13H2. The molecule has 0 fully saturated rings. The quantitative estimate of drug-likeness (QED) is 0.408. The summed E-state index contributed by atoms with van der Waals surface area (Å²) in [4.78, 5) is 5.69. The van der Waals surface area contributed by atoms with Crippen molar-refractivity contribution < 1.29 is 0 Å². The molecule has 0 atom stereocenters. The maximum absolute atomic E-state index is 6.28. The van der Waals surface area contributed by atoms with Gasteiger partial charge in [-0.15, -0.1) is 21.5 Å². The van der Waals surface area contributed by atoms with Crippen LogP contribution in [0.25, 0.3) is 11.5 Å². The van der Waals surface area contributed by atoms with Crippen LogP contribution in [0.4, 0.5) is 0 Å². The van der Waals surface area contributed by atoms with Crippen LogP contribution in [-0.4, -0.2) is 19.7 Å². The van der Waals surface area contributed by atoms with Gasteiger partial charge in [-0.05, 0) is 35.2 Å². The Balaban J connectivity index is 1.65. The number of hydrogen-bond acceptors (Lipinski definition) is 5. The third-order valence-corrected chi connectivity index (χ3v) is 6.06. The van der Waals surface area contributed by atoms with E-state index >= 15 is 0 Å². The Hall–Kier alpha value is -2.15. The zero-order chi connectivity index (χ0) is 17.8. The van der Waals surface area contributed by atoms with Crippen LogP contribution < -0.4 is 0 Å². The lowest BCUT2D eigenvalue weighted by Crippen LogP contribution is -2.03. The minimum Gasteiger partial charge on any atom is -0.295 e. The molecular formula is C19H15ClN4S2. The number of thioether (sulfide) groups is 1. The van der Waals surface area contributed by atoms with E-state index in [2.05, 4.69) is 37.3 Å². The van der Waals surface area contributed by atoms with Crippen molar-refractivity contribution in [3.8, 4) is 11.5 Å². The highest BCUT2D eigenvalue weighted by Crippen LogP contribution is 2.29. The second-order valence-electron chi connectivity index (χ2n) is 5.57. The van der Waals surface area contributed by atoms with Gasteiger partial charge in [0.25, 0.3) is 0 Å². The Kier molecular flexibility index (Phi) is 5.34. The van der Waals surface area contributed by atoms with Crippen LogP contribution in [0.1, 0.15) is 10.4 Å². The van der Waals surface area contributed by atoms with Gasteiger partial charge in [0.05, 0.1) is 6.54 Å². The first-order valence-electron chi connectivity index (χ1n) is 8.04. The predicted octanol–water partition coefficient (Wildman–Crippen LogP) is 5.40. The summed E-state index contributed by atoms with van der Waals surface area (Å²) in [6.07, 6.45) is 1.77. The SMILES string of the molecule is Clc1ccccc1CSc1nnc(-c2ccccn2)n1Cc1cccs1. The minimum atomic E-state index is 0.724. The molecule has 0 unspecified atom stereocenters. The highest BCUT2D eigenvalue weighted by Gasteiger charge is 2.16. The normalized spacial score (nSPS) is 11.0. The fourth-order valence-electron chi connectivity index (χ4n) is 2.54. The summed E-state index contributed by atoms with van der Waals surface area (Å²) in [5.74, 6) is 1.52. The third-order valence-electron chi connectivity index (χ3n) is 3.82. The lowest BCUT2D eigenvalue weighted by molar-refractivity contribution is 0.721. The number of nitrogens with zero attached hydrogens (tertiary/aromatic N) is 4. The third kappa shape index (κ3) is 3.82. The van der Waals surface area contributed by atoms with E-state index in [9.17, 15) is 0 Å². The van der Waals surface area contributed by atoms with Crippen molar-refractivity contribution >= 4 is 34.7 Å². The molecule has 4 nitrogen and oxygen atoms in total. The zero-order valence-electron chi connectivity index (χ0n) is 13.7. The molecule has 3 heterocycles. The van der Waals surface area contributed by atoms with Crippen LogP contribution in [0, 0.1) is 0 Å². The maximum atomic E-state index is 6.28. The Morgan fingerprint density at radius 3 is 2.65 bits per heavy atom. The highest BCUT2D eigenvalue weighted by atomic mass is 35.5. The summed E-state index contributed by atoms with van der Waals surface area (Å²) in [5.41, 5.74) is 1.91. The Morgan fingerprint density at radius 2 is 1.88 bits per heavy atom. The Labute approximate surface area is 164 Å². The van der Waals surface area contributed by atoms with Crippen molar-refractivity contribution in [2.45, 2.75) is 17.5 Å². The number of hydrogen-bond donors (Lipinski definition) is 0. The lowest BCUT2D eigenvalue weighted by atomic mass is 10.2. The minimum absolute atomic E-state index is 0.724. The van der Waals surface area contributed by atoms with Gasteiger partial charge < -0.3 is 0 Å². The molecule has 0 aliphatic heterocycles. The van der Waals surface area contributed by atoms with Crippen molar-refractivity contribution in [1.82, 2.24) is 19.7 Å². The number of pyridine rings is 1. The zero-order valence-corrected chi connectivity index (χ0v) is 16.1. The monoisotopic (exact) mass is 398 g/mol. The van der Waals surface area contributed by atoms with E-state index in [1.165, 1.54) is 4.88 Å². The molecule has 0 amide bonds. The van der Waals surface area contributed by atoms with Gasteiger partial charge >= 0.3 is 0 Å². The summed E-state index contributed by atoms with van der Waals surface area (Å²) < 4.78 is 2.12. The largest absolute Gasteiger partial charge is 0.295 e. The molecule has 1 aromatic carbocycles. The Morgan fingerprint density at radius 1 is 1.00 bits per heavy atom. The summed E-state index contributed by atoms with van der Waals surface area (Å²) in [6.45, 7) is 0.724. The van der Waals surface area contributed by atoms with E-state index < -0.39 is 0 Å². The van der Waals surface area contributed by atoms with Crippen LogP contribution in [0.2, 0.25) is 5.02 Å². The van der Waals surface area contributed by atoms with E-state index in [1.807, 2.05) is 42.5 Å². The van der Waals surface area contributed by atoms with Crippen LogP contribution in [0.5, 0.6) is 0 Å². The second kappa shape index (κ2) is 8.03. The summed E-state index contributed by atoms with van der Waals surface area (Å²) in [6, 6.07) is 17.9. The first-order valence-corrected chi connectivity index (χ1v) is 10.3. The maximum Gasteiger partial charge on any atom is 0.192 e. The van der Waals surface area contributed by atoms with E-state index in [-0.39, 0.29) is 0 Å². The van der Waals surface area contributed by atoms with Gasteiger partial charge in [0.1, 0.15) is 5.69 Å². The van der Waals surface area contributed by atoms with E-state index in [0.717, 1.165) is 39.6 Å². The molecule has 0 spiro atoms. The average molecular weight is 399 g/mol. The first kappa shape index (κ1) is 17.3. The Bertz CT molecular complexity index is 984. The topological polar surface area (TPSA) is 43.6 Å². The molecule has 0 aliphatic rings. The number of rotatable bonds is 6. The predicted molar refractivity (Wildman–Crippen MR) is 108 cm³/mol. The highest BCUT2D eigenvalue weighted by molar-refractivity contribution is 7.98. The van der Waals surface area contributed by atoms with Crippen LogP contribution in [0.3, 0.4) is 0 Å². The van der Waals surface area contributed by atoms with Crippen molar-refractivity contribution in [3.63, 3.8) is 0 Å². The van der Waals surface area contributed by atoms with Crippen molar-refractivity contribution in [2.75, 3.05) is 0 Å². The van der Waals surface area contributed by atoms with Gasteiger partial charge in [0, 0.05) is 21.8 Å². The molecule has 7 heteroatoms. The molecule has 130 valence electrons. The first-order chi connectivity index (χ1) is 12.8. The summed E-state index contributed by atoms with van der Waals surface area (Å²) >= 11 is 9.64. The molecule has 0 saturated carbocycles. The van der Waals surface area contributed by atoms with Crippen molar-refractivity contribution in [2.24, 2.45) is 0 Å². The van der Waals surface area contributed by atoms with Gasteiger partial charge in [-0.2, -0.15) is 0 Å². The smallest absolute Gasteiger partial charge is 0.192 e. The molecule has 0 radical (unpaired) electrons. The molecule has 26 heavy (non-hydrogen) atoms. The van der Waals surface area contributed by atoms with Gasteiger partial charge in [0.2, 0.25) is 0 Å². The summed E-state index contributed by atoms with van der Waals surface area (Å²) in [7, 11) is 0. The molecule has 0 saturated heterocycles. The fraction of sp³-hybridized carbons (Fsp3) is 0.105. The molecule has 0 bridgehead atoms. The number of aromatic nitrogens is 4.